The second-order valence-electron chi connectivity index (χ2n) is 3.88. The van der Waals surface area contributed by atoms with Crippen molar-refractivity contribution in [3.05, 3.63) is 0 Å². The van der Waals surface area contributed by atoms with Crippen LogP contribution in [-0.2, 0) is 14.3 Å². The third kappa shape index (κ3) is 7.23. The maximum absolute atomic E-state index is 11.2. The fourth-order valence-electron chi connectivity index (χ4n) is 1.62. The van der Waals surface area contributed by atoms with E-state index in [1.807, 2.05) is 6.92 Å². The van der Waals surface area contributed by atoms with Gasteiger partial charge in [-0.1, -0.05) is 0 Å². The van der Waals surface area contributed by atoms with E-state index >= 15 is 0 Å². The van der Waals surface area contributed by atoms with Crippen LogP contribution in [0.2, 0.25) is 0 Å². The van der Waals surface area contributed by atoms with Crippen LogP contribution in [0.5, 0.6) is 0 Å². The molecule has 0 unspecified atom stereocenters. The first kappa shape index (κ1) is 14.9. The summed E-state index contributed by atoms with van der Waals surface area (Å²) in [6, 6.07) is 0.302. The van der Waals surface area contributed by atoms with Crippen LogP contribution >= 0.6 is 0 Å². The highest BCUT2D eigenvalue weighted by Crippen LogP contribution is 2.23. The molecule has 5 nitrogen and oxygen atoms in total. The zero-order chi connectivity index (χ0) is 12.6. The van der Waals surface area contributed by atoms with Gasteiger partial charge in [-0.25, -0.2) is 0 Å². The number of ether oxygens (including phenoxy) is 1. The molecule has 16 heavy (non-hydrogen) atoms. The predicted molar refractivity (Wildman–Crippen MR) is 59.9 cm³/mol. The van der Waals surface area contributed by atoms with Gasteiger partial charge < -0.3 is 15.6 Å². The van der Waals surface area contributed by atoms with Crippen molar-refractivity contribution in [1.82, 2.24) is 0 Å². The van der Waals surface area contributed by atoms with Crippen LogP contribution in [0.15, 0.2) is 0 Å². The van der Waals surface area contributed by atoms with Crippen LogP contribution in [-0.4, -0.2) is 29.7 Å². The Kier molecular flexibility index (Phi) is 7.54. The largest absolute Gasteiger partial charge is 0.481 e. The highest BCUT2D eigenvalue weighted by molar-refractivity contribution is 5.72. The van der Waals surface area contributed by atoms with Crippen molar-refractivity contribution in [3.8, 4) is 0 Å². The van der Waals surface area contributed by atoms with E-state index in [2.05, 4.69) is 0 Å². The van der Waals surface area contributed by atoms with Gasteiger partial charge in [-0.05, 0) is 32.6 Å². The summed E-state index contributed by atoms with van der Waals surface area (Å²) in [4.78, 5) is 20.2. The topological polar surface area (TPSA) is 89.6 Å². The molecule has 0 amide bonds. The molecular formula is C11H21NO4. The molecule has 0 aromatic rings. The number of carboxylic acid groups (broad SMARTS) is 1. The van der Waals surface area contributed by atoms with Gasteiger partial charge in [0.25, 0.3) is 5.97 Å². The third-order valence-electron chi connectivity index (χ3n) is 2.39. The molecular weight excluding hydrogens is 210 g/mol. The zero-order valence-electron chi connectivity index (χ0n) is 9.94. The molecule has 1 rings (SSSR count). The number of nitrogens with two attached hydrogens (primary N) is 1. The third-order valence-corrected chi connectivity index (χ3v) is 2.39. The number of carboxylic acids is 1. The van der Waals surface area contributed by atoms with E-state index in [1.165, 1.54) is 0 Å². The Morgan fingerprint density at radius 2 is 1.75 bits per heavy atom. The molecule has 1 fully saturated rings. The normalized spacial score (nSPS) is 23.9. The first-order valence-electron chi connectivity index (χ1n) is 5.59. The van der Waals surface area contributed by atoms with Gasteiger partial charge in [0.1, 0.15) is 0 Å². The number of esters is 1. The van der Waals surface area contributed by atoms with Gasteiger partial charge in [0, 0.05) is 13.0 Å². The fourth-order valence-corrected chi connectivity index (χ4v) is 1.62. The van der Waals surface area contributed by atoms with E-state index in [4.69, 9.17) is 20.4 Å². The molecule has 0 spiro atoms. The predicted octanol–water partition coefficient (Wildman–Crippen LogP) is 1.16. The molecule has 0 saturated heterocycles. The number of hydrogen-bond donors (Lipinski definition) is 2. The molecule has 0 aliphatic heterocycles. The summed E-state index contributed by atoms with van der Waals surface area (Å²) < 4.78 is 4.94. The standard InChI is InChI=1S/C9H17NO2.C2H4O2/c1-2-12-9(11)7-3-5-8(10)6-4-7;1-2(3)4/h7-8H,2-6,10H2,1H3;1H3,(H,3,4). The monoisotopic (exact) mass is 231 g/mol. The molecule has 5 heteroatoms. The van der Waals surface area contributed by atoms with Crippen molar-refractivity contribution in [2.24, 2.45) is 11.7 Å². The smallest absolute Gasteiger partial charge is 0.308 e. The molecule has 0 heterocycles. The summed E-state index contributed by atoms with van der Waals surface area (Å²) in [5, 5.41) is 7.42. The first-order chi connectivity index (χ1) is 7.47. The van der Waals surface area contributed by atoms with Crippen LogP contribution in [0.4, 0.5) is 0 Å². The molecule has 0 aromatic heterocycles. The summed E-state index contributed by atoms with van der Waals surface area (Å²) in [6.45, 7) is 3.41. The van der Waals surface area contributed by atoms with E-state index < -0.39 is 5.97 Å². The summed E-state index contributed by atoms with van der Waals surface area (Å²) in [7, 11) is 0. The molecule has 0 radical (unpaired) electrons. The van der Waals surface area contributed by atoms with Gasteiger partial charge in [-0.3, -0.25) is 9.59 Å². The minimum absolute atomic E-state index is 0.0376. The summed E-state index contributed by atoms with van der Waals surface area (Å²) in [5.41, 5.74) is 5.72. The number of hydrogen-bond acceptors (Lipinski definition) is 4. The quantitative estimate of drug-likeness (QED) is 0.696. The Balaban J connectivity index is 0.000000487. The average molecular weight is 231 g/mol. The lowest BCUT2D eigenvalue weighted by atomic mass is 9.86. The molecule has 1 aliphatic carbocycles. The summed E-state index contributed by atoms with van der Waals surface area (Å²) in [5.74, 6) is -0.755. The lowest BCUT2D eigenvalue weighted by Crippen LogP contribution is -2.30. The molecule has 0 atom stereocenters. The minimum Gasteiger partial charge on any atom is -0.481 e. The van der Waals surface area contributed by atoms with E-state index in [0.717, 1.165) is 32.6 Å². The fraction of sp³-hybridized carbons (Fsp3) is 0.818. The van der Waals surface area contributed by atoms with Crippen molar-refractivity contribution in [1.29, 1.82) is 0 Å². The number of rotatable bonds is 2. The van der Waals surface area contributed by atoms with Crippen LogP contribution in [0.1, 0.15) is 39.5 Å². The zero-order valence-corrected chi connectivity index (χ0v) is 9.94. The summed E-state index contributed by atoms with van der Waals surface area (Å²) in [6.07, 6.45) is 3.73. The Hall–Kier alpha value is -1.10. The van der Waals surface area contributed by atoms with Crippen LogP contribution in [0.25, 0.3) is 0 Å². The highest BCUT2D eigenvalue weighted by Gasteiger charge is 2.25. The second kappa shape index (κ2) is 8.10. The Labute approximate surface area is 96.0 Å². The molecule has 94 valence electrons. The molecule has 0 aromatic carbocycles. The number of aliphatic carboxylic acids is 1. The van der Waals surface area contributed by atoms with E-state index in [9.17, 15) is 4.79 Å². The van der Waals surface area contributed by atoms with Gasteiger partial charge in [0.05, 0.1) is 12.5 Å². The maximum Gasteiger partial charge on any atom is 0.308 e. The van der Waals surface area contributed by atoms with Gasteiger partial charge in [0.2, 0.25) is 0 Å². The SMILES string of the molecule is CC(=O)O.CCOC(=O)C1CCC(N)CC1. The van der Waals surface area contributed by atoms with Crippen LogP contribution in [0, 0.1) is 5.92 Å². The Bertz CT molecular complexity index is 218. The van der Waals surface area contributed by atoms with Crippen LogP contribution < -0.4 is 5.73 Å². The molecule has 0 bridgehead atoms. The molecule has 1 aliphatic rings. The van der Waals surface area contributed by atoms with Crippen molar-refractivity contribution < 1.29 is 19.4 Å². The van der Waals surface area contributed by atoms with E-state index in [1.54, 1.807) is 0 Å². The van der Waals surface area contributed by atoms with Crippen molar-refractivity contribution in [3.63, 3.8) is 0 Å². The van der Waals surface area contributed by atoms with Gasteiger partial charge in [-0.15, -0.1) is 0 Å². The van der Waals surface area contributed by atoms with Gasteiger partial charge >= 0.3 is 5.97 Å². The van der Waals surface area contributed by atoms with Crippen molar-refractivity contribution in [2.45, 2.75) is 45.6 Å². The first-order valence-corrected chi connectivity index (χ1v) is 5.59. The maximum atomic E-state index is 11.2. The number of carbonyl (C=O) groups excluding carboxylic acids is 1. The van der Waals surface area contributed by atoms with Crippen molar-refractivity contribution in [2.75, 3.05) is 6.61 Å². The number of carbonyl (C=O) groups is 2. The van der Waals surface area contributed by atoms with Gasteiger partial charge in [-0.2, -0.15) is 0 Å². The van der Waals surface area contributed by atoms with Gasteiger partial charge in [0.15, 0.2) is 0 Å². The van der Waals surface area contributed by atoms with Crippen LogP contribution in [0.3, 0.4) is 0 Å². The minimum atomic E-state index is -0.833. The highest BCUT2D eigenvalue weighted by atomic mass is 16.5. The Morgan fingerprint density at radius 3 is 2.12 bits per heavy atom. The van der Waals surface area contributed by atoms with E-state index in [0.29, 0.717) is 12.6 Å². The summed E-state index contributed by atoms with van der Waals surface area (Å²) >= 11 is 0. The van der Waals surface area contributed by atoms with Crippen molar-refractivity contribution >= 4 is 11.9 Å². The van der Waals surface area contributed by atoms with E-state index in [-0.39, 0.29) is 11.9 Å². The Morgan fingerprint density at radius 1 is 1.31 bits per heavy atom. The lowest BCUT2D eigenvalue weighted by molar-refractivity contribution is -0.149. The second-order valence-corrected chi connectivity index (χ2v) is 3.88. The molecule has 3 N–H and O–H groups in total. The average Bonchev–Trinajstić information content (AvgIpc) is 2.18. The molecule has 1 saturated carbocycles. The lowest BCUT2D eigenvalue weighted by Gasteiger charge is -2.24.